The highest BCUT2D eigenvalue weighted by atomic mass is 16.1. The van der Waals surface area contributed by atoms with Crippen molar-refractivity contribution < 1.29 is 4.79 Å². The van der Waals surface area contributed by atoms with Crippen LogP contribution in [0.2, 0.25) is 0 Å². The number of benzene rings is 1. The number of hydrogen-bond donors (Lipinski definition) is 3. The molecular formula is C19H29N7O. The van der Waals surface area contributed by atoms with Gasteiger partial charge in [-0.3, -0.25) is 9.79 Å². The first-order valence-corrected chi connectivity index (χ1v) is 9.37. The predicted octanol–water partition coefficient (Wildman–Crippen LogP) is 1.60. The number of guanidine groups is 1. The second-order valence-corrected chi connectivity index (χ2v) is 6.11. The predicted molar refractivity (Wildman–Crippen MR) is 108 cm³/mol. The zero-order valence-electron chi connectivity index (χ0n) is 16.3. The molecule has 8 heteroatoms. The van der Waals surface area contributed by atoms with Crippen LogP contribution in [0, 0.1) is 0 Å². The van der Waals surface area contributed by atoms with E-state index in [9.17, 15) is 4.79 Å². The maximum Gasteiger partial charge on any atom is 0.221 e. The van der Waals surface area contributed by atoms with Gasteiger partial charge < -0.3 is 20.5 Å². The fraction of sp³-hybridized carbons (Fsp3) is 0.474. The van der Waals surface area contributed by atoms with Gasteiger partial charge in [-0.2, -0.15) is 0 Å². The Labute approximate surface area is 160 Å². The number of carbonyl (C=O) groups excluding carboxylic acids is 1. The van der Waals surface area contributed by atoms with E-state index in [2.05, 4.69) is 38.1 Å². The summed E-state index contributed by atoms with van der Waals surface area (Å²) in [6.45, 7) is 8.67. The number of anilines is 1. The first kappa shape index (κ1) is 20.4. The maximum atomic E-state index is 11.1. The highest BCUT2D eigenvalue weighted by Crippen LogP contribution is 2.10. The number of hydrogen-bond acceptors (Lipinski definition) is 4. The molecule has 0 saturated carbocycles. The molecule has 0 aliphatic heterocycles. The van der Waals surface area contributed by atoms with Crippen molar-refractivity contribution in [3.05, 3.63) is 42.0 Å². The van der Waals surface area contributed by atoms with Gasteiger partial charge in [0.15, 0.2) is 5.96 Å². The van der Waals surface area contributed by atoms with E-state index in [0.717, 1.165) is 49.9 Å². The molecule has 3 N–H and O–H groups in total. The Morgan fingerprint density at radius 1 is 1.19 bits per heavy atom. The van der Waals surface area contributed by atoms with E-state index in [0.29, 0.717) is 6.54 Å². The standard InChI is InChI=1S/C19H29N7O/c1-4-18-25-23-14-26(18)13-12-22-19(20-5-2)21-11-10-16-6-8-17(9-7-16)24-15(3)27/h6-9,14H,4-5,10-13H2,1-3H3,(H,24,27)(H2,20,21,22). The average Bonchev–Trinajstić information content (AvgIpc) is 3.10. The van der Waals surface area contributed by atoms with Crippen molar-refractivity contribution >= 4 is 17.6 Å². The Kier molecular flexibility index (Phi) is 8.28. The van der Waals surface area contributed by atoms with Crippen molar-refractivity contribution in [2.24, 2.45) is 4.99 Å². The SMILES string of the molecule is CCNC(=NCCc1ccc(NC(C)=O)cc1)NCCn1cnnc1CC. The van der Waals surface area contributed by atoms with E-state index in [1.165, 1.54) is 12.5 Å². The van der Waals surface area contributed by atoms with Gasteiger partial charge in [0.2, 0.25) is 5.91 Å². The summed E-state index contributed by atoms with van der Waals surface area (Å²) in [5.41, 5.74) is 1.99. The van der Waals surface area contributed by atoms with Crippen LogP contribution in [0.25, 0.3) is 0 Å². The molecular weight excluding hydrogens is 342 g/mol. The van der Waals surface area contributed by atoms with Crippen LogP contribution in [-0.2, 0) is 24.2 Å². The van der Waals surface area contributed by atoms with Gasteiger partial charge in [0.1, 0.15) is 12.2 Å². The lowest BCUT2D eigenvalue weighted by Crippen LogP contribution is -2.39. The molecule has 0 fully saturated rings. The number of aromatic nitrogens is 3. The van der Waals surface area contributed by atoms with Crippen molar-refractivity contribution in [1.29, 1.82) is 0 Å². The van der Waals surface area contributed by atoms with E-state index in [1.807, 2.05) is 35.8 Å². The number of nitrogens with zero attached hydrogens (tertiary/aromatic N) is 4. The summed E-state index contributed by atoms with van der Waals surface area (Å²) >= 11 is 0. The van der Waals surface area contributed by atoms with Crippen molar-refractivity contribution in [2.75, 3.05) is 25.0 Å². The fourth-order valence-corrected chi connectivity index (χ4v) is 2.63. The second-order valence-electron chi connectivity index (χ2n) is 6.11. The van der Waals surface area contributed by atoms with Crippen molar-refractivity contribution in [2.45, 2.75) is 40.2 Å². The fourth-order valence-electron chi connectivity index (χ4n) is 2.63. The molecule has 0 bridgehead atoms. The Bertz CT molecular complexity index is 737. The molecule has 0 unspecified atom stereocenters. The molecule has 1 aromatic heterocycles. The number of amides is 1. The summed E-state index contributed by atoms with van der Waals surface area (Å²) in [6, 6.07) is 7.85. The number of rotatable bonds is 9. The van der Waals surface area contributed by atoms with Crippen molar-refractivity contribution in [3.8, 4) is 0 Å². The third-order valence-corrected chi connectivity index (χ3v) is 3.95. The van der Waals surface area contributed by atoms with Gasteiger partial charge in [-0.15, -0.1) is 10.2 Å². The Balaban J connectivity index is 1.81. The highest BCUT2D eigenvalue weighted by Gasteiger charge is 2.02. The van der Waals surface area contributed by atoms with Crippen LogP contribution in [0.4, 0.5) is 5.69 Å². The zero-order chi connectivity index (χ0) is 19.5. The minimum absolute atomic E-state index is 0.0637. The molecule has 8 nitrogen and oxygen atoms in total. The first-order valence-electron chi connectivity index (χ1n) is 9.37. The third kappa shape index (κ3) is 7.08. The van der Waals surface area contributed by atoms with Gasteiger partial charge in [-0.05, 0) is 31.0 Å². The van der Waals surface area contributed by atoms with Crippen LogP contribution < -0.4 is 16.0 Å². The molecule has 27 heavy (non-hydrogen) atoms. The summed E-state index contributed by atoms with van der Waals surface area (Å²) in [7, 11) is 0. The minimum atomic E-state index is -0.0637. The van der Waals surface area contributed by atoms with Gasteiger partial charge in [-0.1, -0.05) is 19.1 Å². The second kappa shape index (κ2) is 10.9. The summed E-state index contributed by atoms with van der Waals surface area (Å²) in [4.78, 5) is 15.7. The van der Waals surface area contributed by atoms with E-state index < -0.39 is 0 Å². The molecule has 2 aromatic rings. The van der Waals surface area contributed by atoms with Crippen LogP contribution in [0.3, 0.4) is 0 Å². The average molecular weight is 371 g/mol. The lowest BCUT2D eigenvalue weighted by molar-refractivity contribution is -0.114. The summed E-state index contributed by atoms with van der Waals surface area (Å²) in [6.07, 6.45) is 3.46. The smallest absolute Gasteiger partial charge is 0.221 e. The quantitative estimate of drug-likeness (QED) is 0.460. The van der Waals surface area contributed by atoms with Crippen LogP contribution >= 0.6 is 0 Å². The molecule has 0 aliphatic rings. The third-order valence-electron chi connectivity index (χ3n) is 3.95. The molecule has 1 aromatic carbocycles. The Morgan fingerprint density at radius 2 is 1.96 bits per heavy atom. The molecule has 1 amide bonds. The van der Waals surface area contributed by atoms with E-state index in [1.54, 1.807) is 6.33 Å². The van der Waals surface area contributed by atoms with Gasteiger partial charge in [0.05, 0.1) is 0 Å². The molecule has 0 radical (unpaired) electrons. The largest absolute Gasteiger partial charge is 0.357 e. The van der Waals surface area contributed by atoms with Gasteiger partial charge in [0, 0.05) is 45.2 Å². The van der Waals surface area contributed by atoms with E-state index >= 15 is 0 Å². The first-order chi connectivity index (χ1) is 13.1. The topological polar surface area (TPSA) is 96.2 Å². The number of nitrogens with one attached hydrogen (secondary N) is 3. The normalized spacial score (nSPS) is 11.3. The van der Waals surface area contributed by atoms with Gasteiger partial charge >= 0.3 is 0 Å². The highest BCUT2D eigenvalue weighted by molar-refractivity contribution is 5.88. The summed E-state index contributed by atoms with van der Waals surface area (Å²) < 4.78 is 2.05. The van der Waals surface area contributed by atoms with Gasteiger partial charge in [0.25, 0.3) is 0 Å². The number of aryl methyl sites for hydroxylation is 1. The van der Waals surface area contributed by atoms with Crippen LogP contribution in [0.1, 0.15) is 32.2 Å². The number of carbonyl (C=O) groups is 1. The summed E-state index contributed by atoms with van der Waals surface area (Å²) in [5, 5.41) is 17.4. The minimum Gasteiger partial charge on any atom is -0.357 e. The summed E-state index contributed by atoms with van der Waals surface area (Å²) in [5.74, 6) is 1.73. The van der Waals surface area contributed by atoms with E-state index in [4.69, 9.17) is 0 Å². The number of aliphatic imine (C=N–C) groups is 1. The van der Waals surface area contributed by atoms with Crippen LogP contribution in [-0.4, -0.2) is 46.3 Å². The monoisotopic (exact) mass is 371 g/mol. The molecule has 0 aliphatic carbocycles. The molecule has 0 atom stereocenters. The maximum absolute atomic E-state index is 11.1. The molecule has 146 valence electrons. The molecule has 0 spiro atoms. The van der Waals surface area contributed by atoms with Crippen molar-refractivity contribution in [3.63, 3.8) is 0 Å². The zero-order valence-corrected chi connectivity index (χ0v) is 16.3. The van der Waals surface area contributed by atoms with E-state index in [-0.39, 0.29) is 5.91 Å². The molecule has 0 saturated heterocycles. The Morgan fingerprint density at radius 3 is 2.63 bits per heavy atom. The van der Waals surface area contributed by atoms with Crippen molar-refractivity contribution in [1.82, 2.24) is 25.4 Å². The van der Waals surface area contributed by atoms with Crippen LogP contribution in [0.15, 0.2) is 35.6 Å². The lowest BCUT2D eigenvalue weighted by Gasteiger charge is -2.12. The Hall–Kier alpha value is -2.90. The lowest BCUT2D eigenvalue weighted by atomic mass is 10.1. The van der Waals surface area contributed by atoms with Gasteiger partial charge in [-0.25, -0.2) is 0 Å². The molecule has 1 heterocycles. The van der Waals surface area contributed by atoms with Crippen LogP contribution in [0.5, 0.6) is 0 Å². The molecule has 2 rings (SSSR count).